The van der Waals surface area contributed by atoms with Gasteiger partial charge < -0.3 is 0 Å². The van der Waals surface area contributed by atoms with Gasteiger partial charge in [0.15, 0.2) is 11.6 Å². The highest BCUT2D eigenvalue weighted by molar-refractivity contribution is 6.50. The number of rotatable bonds is 0. The van der Waals surface area contributed by atoms with Gasteiger partial charge in [0.1, 0.15) is 5.92 Å². The van der Waals surface area contributed by atoms with Gasteiger partial charge >= 0.3 is 0 Å². The third-order valence-corrected chi connectivity index (χ3v) is 3.14. The van der Waals surface area contributed by atoms with Crippen molar-refractivity contribution in [2.45, 2.75) is 0 Å². The number of ketones is 4. The predicted molar refractivity (Wildman–Crippen MR) is 52.3 cm³/mol. The van der Waals surface area contributed by atoms with Gasteiger partial charge in [-0.3, -0.25) is 19.2 Å². The van der Waals surface area contributed by atoms with Crippen LogP contribution in [0.25, 0.3) is 0 Å². The molecule has 4 nitrogen and oxygen atoms in total. The van der Waals surface area contributed by atoms with Crippen LogP contribution >= 0.6 is 0 Å². The minimum Gasteiger partial charge on any atom is -0.294 e. The highest BCUT2D eigenvalue weighted by Gasteiger charge is 2.48. The third-order valence-electron chi connectivity index (χ3n) is 3.14. The van der Waals surface area contributed by atoms with Gasteiger partial charge in [-0.2, -0.15) is 0 Å². The minimum absolute atomic E-state index is 0.234. The summed E-state index contributed by atoms with van der Waals surface area (Å²) in [6.07, 6.45) is 5.19. The van der Waals surface area contributed by atoms with Crippen LogP contribution in [-0.4, -0.2) is 23.1 Å². The molecule has 0 aromatic heterocycles. The van der Waals surface area contributed by atoms with Crippen LogP contribution in [0, 0.1) is 11.8 Å². The van der Waals surface area contributed by atoms with Crippen molar-refractivity contribution < 1.29 is 19.2 Å². The zero-order valence-corrected chi connectivity index (χ0v) is 8.10. The lowest BCUT2D eigenvalue weighted by Gasteiger charge is -2.23. The van der Waals surface area contributed by atoms with E-state index in [1.165, 1.54) is 24.3 Å². The highest BCUT2D eigenvalue weighted by atomic mass is 16.2. The molecule has 3 rings (SSSR count). The van der Waals surface area contributed by atoms with Crippen molar-refractivity contribution in [3.63, 3.8) is 0 Å². The van der Waals surface area contributed by atoms with E-state index in [1.54, 1.807) is 0 Å². The van der Waals surface area contributed by atoms with E-state index in [4.69, 9.17) is 0 Å². The van der Waals surface area contributed by atoms with Crippen molar-refractivity contribution in [2.75, 3.05) is 0 Å². The molecular weight excluding hydrogens is 208 g/mol. The Labute approximate surface area is 90.3 Å². The number of carbonyl (C=O) groups is 4. The largest absolute Gasteiger partial charge is 0.294 e. The molecule has 0 aromatic carbocycles. The Balaban J connectivity index is 2.30. The van der Waals surface area contributed by atoms with E-state index in [-0.39, 0.29) is 17.1 Å². The molecule has 3 aliphatic carbocycles. The molecule has 0 radical (unpaired) electrons. The molecule has 3 aliphatic rings. The second kappa shape index (κ2) is 2.72. The van der Waals surface area contributed by atoms with Crippen LogP contribution in [0.15, 0.2) is 35.5 Å². The van der Waals surface area contributed by atoms with Crippen molar-refractivity contribution in [3.8, 4) is 0 Å². The van der Waals surface area contributed by atoms with Crippen molar-refractivity contribution in [2.24, 2.45) is 11.8 Å². The van der Waals surface area contributed by atoms with Gasteiger partial charge in [-0.15, -0.1) is 0 Å². The molecule has 16 heavy (non-hydrogen) atoms. The molecule has 0 saturated heterocycles. The van der Waals surface area contributed by atoms with Gasteiger partial charge in [-0.25, -0.2) is 0 Å². The molecule has 4 heteroatoms. The summed E-state index contributed by atoms with van der Waals surface area (Å²) in [6, 6.07) is 0. The first-order chi connectivity index (χ1) is 7.61. The topological polar surface area (TPSA) is 68.3 Å². The van der Waals surface area contributed by atoms with Gasteiger partial charge in [-0.1, -0.05) is 6.08 Å². The summed E-state index contributed by atoms with van der Waals surface area (Å²) in [5, 5.41) is 0. The summed E-state index contributed by atoms with van der Waals surface area (Å²) in [5.74, 6) is -3.46. The molecule has 0 heterocycles. The molecule has 2 unspecified atom stereocenters. The monoisotopic (exact) mass is 214 g/mol. The molecule has 2 atom stereocenters. The van der Waals surface area contributed by atoms with E-state index < -0.39 is 23.4 Å². The summed E-state index contributed by atoms with van der Waals surface area (Å²) < 4.78 is 0. The van der Waals surface area contributed by atoms with Crippen molar-refractivity contribution in [1.82, 2.24) is 0 Å². The molecule has 0 amide bonds. The van der Waals surface area contributed by atoms with Crippen molar-refractivity contribution in [3.05, 3.63) is 35.5 Å². The Kier molecular flexibility index (Phi) is 1.56. The molecule has 0 fully saturated rings. The summed E-state index contributed by atoms with van der Waals surface area (Å²) in [7, 11) is 0. The molecule has 0 spiro atoms. The molecule has 0 aromatic rings. The average molecular weight is 214 g/mol. The van der Waals surface area contributed by atoms with Crippen molar-refractivity contribution >= 4 is 23.1 Å². The SMILES string of the molecule is O=C1C(=O)C2C=CC(=O)C3C(=O)C=CC1=C23. The van der Waals surface area contributed by atoms with Crippen LogP contribution in [0.4, 0.5) is 0 Å². The fraction of sp³-hybridized carbons (Fsp3) is 0.167. The summed E-state index contributed by atoms with van der Waals surface area (Å²) >= 11 is 0. The zero-order valence-electron chi connectivity index (χ0n) is 8.10. The van der Waals surface area contributed by atoms with E-state index in [0.717, 1.165) is 0 Å². The second-order valence-corrected chi connectivity index (χ2v) is 3.97. The first-order valence-electron chi connectivity index (χ1n) is 4.88. The lowest BCUT2D eigenvalue weighted by atomic mass is 9.76. The smallest absolute Gasteiger partial charge is 0.229 e. The standard InChI is InChI=1S/C12H6O4/c13-7-3-1-5-9-6(12(16)11(5)15)2-4-8(14)10(7)9/h1-5,10H. The van der Waals surface area contributed by atoms with E-state index in [2.05, 4.69) is 0 Å². The number of hydrogen-bond acceptors (Lipinski definition) is 4. The van der Waals surface area contributed by atoms with Gasteiger partial charge in [-0.05, 0) is 23.8 Å². The first kappa shape index (κ1) is 9.15. The quantitative estimate of drug-likeness (QED) is 0.418. The predicted octanol–water partition coefficient (Wildman–Crippen LogP) is -0.0550. The molecular formula is C12H6O4. The second-order valence-electron chi connectivity index (χ2n) is 3.97. The normalized spacial score (nSPS) is 31.5. The van der Waals surface area contributed by atoms with Gasteiger partial charge in [0, 0.05) is 5.57 Å². The zero-order chi connectivity index (χ0) is 11.4. The number of carbonyl (C=O) groups excluding carboxylic acids is 4. The molecule has 0 saturated carbocycles. The Morgan fingerprint density at radius 2 is 1.56 bits per heavy atom. The lowest BCUT2D eigenvalue weighted by Crippen LogP contribution is -2.31. The van der Waals surface area contributed by atoms with E-state index in [9.17, 15) is 19.2 Å². The Morgan fingerprint density at radius 3 is 2.31 bits per heavy atom. The van der Waals surface area contributed by atoms with Crippen LogP contribution < -0.4 is 0 Å². The summed E-state index contributed by atoms with van der Waals surface area (Å²) in [4.78, 5) is 46.3. The van der Waals surface area contributed by atoms with Crippen LogP contribution in [-0.2, 0) is 19.2 Å². The lowest BCUT2D eigenvalue weighted by molar-refractivity contribution is -0.134. The molecule has 78 valence electrons. The van der Waals surface area contributed by atoms with E-state index in [0.29, 0.717) is 5.57 Å². The Hall–Kier alpha value is -2.10. The van der Waals surface area contributed by atoms with Gasteiger partial charge in [0.25, 0.3) is 0 Å². The van der Waals surface area contributed by atoms with Crippen molar-refractivity contribution in [1.29, 1.82) is 0 Å². The highest BCUT2D eigenvalue weighted by Crippen LogP contribution is 2.40. The van der Waals surface area contributed by atoms with Crippen LogP contribution in [0.1, 0.15) is 0 Å². The first-order valence-corrected chi connectivity index (χ1v) is 4.88. The minimum atomic E-state index is -0.939. The third kappa shape index (κ3) is 0.888. The maximum atomic E-state index is 11.6. The number of Topliss-reactive ketones (excluding diaryl/α,β-unsaturated/α-hetero) is 2. The van der Waals surface area contributed by atoms with Crippen LogP contribution in [0.5, 0.6) is 0 Å². The summed E-state index contributed by atoms with van der Waals surface area (Å²) in [6.45, 7) is 0. The van der Waals surface area contributed by atoms with Crippen LogP contribution in [0.3, 0.4) is 0 Å². The average Bonchev–Trinajstić information content (AvgIpc) is 2.50. The summed E-state index contributed by atoms with van der Waals surface area (Å²) in [5.41, 5.74) is 0.618. The van der Waals surface area contributed by atoms with Gasteiger partial charge in [0.2, 0.25) is 11.6 Å². The molecule has 0 aliphatic heterocycles. The van der Waals surface area contributed by atoms with E-state index in [1.807, 2.05) is 0 Å². The molecule has 0 N–H and O–H groups in total. The Bertz CT molecular complexity index is 560. The maximum absolute atomic E-state index is 11.6. The Morgan fingerprint density at radius 1 is 0.875 bits per heavy atom. The van der Waals surface area contributed by atoms with E-state index >= 15 is 0 Å². The maximum Gasteiger partial charge on any atom is 0.229 e. The number of allylic oxidation sites excluding steroid dienone is 6. The van der Waals surface area contributed by atoms with Gasteiger partial charge in [0.05, 0.1) is 5.92 Å². The fourth-order valence-corrected chi connectivity index (χ4v) is 2.41. The fourth-order valence-electron chi connectivity index (χ4n) is 2.41. The molecule has 0 bridgehead atoms. The number of hydrogen-bond donors (Lipinski definition) is 0. The van der Waals surface area contributed by atoms with Crippen LogP contribution in [0.2, 0.25) is 0 Å².